The van der Waals surface area contributed by atoms with E-state index in [0.29, 0.717) is 38.2 Å². The number of nitrogens with zero attached hydrogens (tertiary/aromatic N) is 2. The Balaban J connectivity index is 1.48. The molecule has 0 bridgehead atoms. The zero-order valence-electron chi connectivity index (χ0n) is 13.6. The van der Waals surface area contributed by atoms with Gasteiger partial charge in [-0.3, -0.25) is 4.79 Å². The quantitative estimate of drug-likeness (QED) is 0.828. The lowest BCUT2D eigenvalue weighted by Crippen LogP contribution is -2.43. The third-order valence-electron chi connectivity index (χ3n) is 4.78. The molecule has 0 spiro atoms. The SMILES string of the molecule is O=C([O-])C1CCN(C(=O)c2csc(-c3ccc4c(c3)CCO4)n2)CC1. The van der Waals surface area contributed by atoms with Gasteiger partial charge in [-0.05, 0) is 36.6 Å². The summed E-state index contributed by atoms with van der Waals surface area (Å²) in [5, 5.41) is 13.5. The van der Waals surface area contributed by atoms with Crippen molar-refractivity contribution in [3.8, 4) is 16.3 Å². The standard InChI is InChI=1S/C18H18N2O4S/c21-17(20-6-3-11(4-7-20)18(22)23)14-10-25-16(19-14)13-1-2-15-12(9-13)5-8-24-15/h1-2,9-11H,3-8H2,(H,22,23)/p-1. The summed E-state index contributed by atoms with van der Waals surface area (Å²) in [5.41, 5.74) is 2.58. The molecule has 3 heterocycles. The van der Waals surface area contributed by atoms with Gasteiger partial charge >= 0.3 is 0 Å². The van der Waals surface area contributed by atoms with Crippen LogP contribution in [0.5, 0.6) is 5.75 Å². The predicted molar refractivity (Wildman–Crippen MR) is 90.4 cm³/mol. The molecule has 25 heavy (non-hydrogen) atoms. The van der Waals surface area contributed by atoms with Gasteiger partial charge < -0.3 is 19.5 Å². The van der Waals surface area contributed by atoms with E-state index in [-0.39, 0.29) is 5.91 Å². The highest BCUT2D eigenvalue weighted by Crippen LogP contribution is 2.32. The molecule has 0 aliphatic carbocycles. The number of carbonyl (C=O) groups is 2. The number of hydrogen-bond acceptors (Lipinski definition) is 6. The molecule has 7 heteroatoms. The van der Waals surface area contributed by atoms with Crippen LogP contribution in [0.1, 0.15) is 28.9 Å². The summed E-state index contributed by atoms with van der Waals surface area (Å²) in [5.74, 6) is -0.691. The van der Waals surface area contributed by atoms with Crippen molar-refractivity contribution < 1.29 is 19.4 Å². The molecule has 2 aliphatic rings. The number of carbonyl (C=O) groups excluding carboxylic acids is 2. The highest BCUT2D eigenvalue weighted by Gasteiger charge is 2.26. The number of hydrogen-bond donors (Lipinski definition) is 0. The average molecular weight is 357 g/mol. The minimum Gasteiger partial charge on any atom is -0.550 e. The highest BCUT2D eigenvalue weighted by molar-refractivity contribution is 7.13. The molecule has 0 radical (unpaired) electrons. The minimum absolute atomic E-state index is 0.135. The molecule has 0 saturated carbocycles. The largest absolute Gasteiger partial charge is 0.550 e. The van der Waals surface area contributed by atoms with Crippen LogP contribution in [0.4, 0.5) is 0 Å². The first-order chi connectivity index (χ1) is 12.1. The number of carboxylic acids is 1. The summed E-state index contributed by atoms with van der Waals surface area (Å²) < 4.78 is 5.51. The average Bonchev–Trinajstić information content (AvgIpc) is 3.29. The van der Waals surface area contributed by atoms with Gasteiger partial charge in [0.1, 0.15) is 16.5 Å². The van der Waals surface area contributed by atoms with Crippen molar-refractivity contribution >= 4 is 23.2 Å². The van der Waals surface area contributed by atoms with E-state index in [4.69, 9.17) is 4.74 Å². The maximum Gasteiger partial charge on any atom is 0.273 e. The number of aromatic nitrogens is 1. The monoisotopic (exact) mass is 357 g/mol. The van der Waals surface area contributed by atoms with Gasteiger partial charge in [0.15, 0.2) is 0 Å². The van der Waals surface area contributed by atoms with Crippen molar-refractivity contribution in [2.75, 3.05) is 19.7 Å². The number of aliphatic carboxylic acids is 1. The summed E-state index contributed by atoms with van der Waals surface area (Å²) in [4.78, 5) is 29.7. The topological polar surface area (TPSA) is 82.6 Å². The summed E-state index contributed by atoms with van der Waals surface area (Å²) in [6.07, 6.45) is 1.78. The van der Waals surface area contributed by atoms with Crippen LogP contribution in [0.3, 0.4) is 0 Å². The summed E-state index contributed by atoms with van der Waals surface area (Å²) in [6.45, 7) is 1.57. The van der Waals surface area contributed by atoms with Crippen molar-refractivity contribution in [3.63, 3.8) is 0 Å². The van der Waals surface area contributed by atoms with Crippen LogP contribution in [0, 0.1) is 5.92 Å². The van der Waals surface area contributed by atoms with Gasteiger partial charge in [-0.15, -0.1) is 11.3 Å². The van der Waals surface area contributed by atoms with Crippen LogP contribution in [0.2, 0.25) is 0 Å². The summed E-state index contributed by atoms with van der Waals surface area (Å²) >= 11 is 1.44. The molecule has 2 aliphatic heterocycles. The molecule has 0 unspecified atom stereocenters. The smallest absolute Gasteiger partial charge is 0.273 e. The van der Waals surface area contributed by atoms with E-state index in [1.807, 2.05) is 12.1 Å². The van der Waals surface area contributed by atoms with Crippen LogP contribution in [-0.4, -0.2) is 41.5 Å². The molecule has 2 aromatic rings. The molecule has 1 saturated heterocycles. The van der Waals surface area contributed by atoms with Gasteiger partial charge in [0.05, 0.1) is 6.61 Å². The molecule has 1 aromatic carbocycles. The summed E-state index contributed by atoms with van der Waals surface area (Å²) in [7, 11) is 0. The van der Waals surface area contributed by atoms with E-state index in [2.05, 4.69) is 11.1 Å². The number of ether oxygens (including phenoxy) is 1. The van der Waals surface area contributed by atoms with Gasteiger partial charge in [-0.2, -0.15) is 0 Å². The number of piperidine rings is 1. The fourth-order valence-electron chi connectivity index (χ4n) is 3.30. The van der Waals surface area contributed by atoms with Crippen molar-refractivity contribution in [2.45, 2.75) is 19.3 Å². The molecule has 6 nitrogen and oxygen atoms in total. The normalized spacial score (nSPS) is 17.2. The molecular formula is C18H17N2O4S-. The Kier molecular flexibility index (Phi) is 4.17. The van der Waals surface area contributed by atoms with E-state index < -0.39 is 11.9 Å². The Morgan fingerprint density at radius 3 is 2.84 bits per heavy atom. The summed E-state index contributed by atoms with van der Waals surface area (Å²) in [6, 6.07) is 5.98. The van der Waals surface area contributed by atoms with Crippen molar-refractivity contribution in [2.24, 2.45) is 5.92 Å². The lowest BCUT2D eigenvalue weighted by atomic mass is 9.97. The molecule has 1 fully saturated rings. The second kappa shape index (κ2) is 6.48. The van der Waals surface area contributed by atoms with Gasteiger partial charge in [0, 0.05) is 42.3 Å². The second-order valence-corrected chi connectivity index (χ2v) is 7.20. The Labute approximate surface area is 149 Å². The van der Waals surface area contributed by atoms with Gasteiger partial charge in [-0.25, -0.2) is 4.98 Å². The number of amides is 1. The second-order valence-electron chi connectivity index (χ2n) is 6.34. The first-order valence-corrected chi connectivity index (χ1v) is 9.21. The number of thiazole rings is 1. The highest BCUT2D eigenvalue weighted by atomic mass is 32.1. The predicted octanol–water partition coefficient (Wildman–Crippen LogP) is 1.35. The maximum absolute atomic E-state index is 12.6. The van der Waals surface area contributed by atoms with Crippen LogP contribution >= 0.6 is 11.3 Å². The van der Waals surface area contributed by atoms with Crippen molar-refractivity contribution in [3.05, 3.63) is 34.8 Å². The molecule has 0 N–H and O–H groups in total. The van der Waals surface area contributed by atoms with Crippen molar-refractivity contribution in [1.82, 2.24) is 9.88 Å². The molecule has 1 amide bonds. The molecule has 4 rings (SSSR count). The number of fused-ring (bicyclic) bond motifs is 1. The van der Waals surface area contributed by atoms with Crippen LogP contribution in [-0.2, 0) is 11.2 Å². The van der Waals surface area contributed by atoms with Gasteiger partial charge in [-0.1, -0.05) is 0 Å². The fraction of sp³-hybridized carbons (Fsp3) is 0.389. The zero-order valence-corrected chi connectivity index (χ0v) is 14.4. The van der Waals surface area contributed by atoms with Crippen LogP contribution in [0.25, 0.3) is 10.6 Å². The fourth-order valence-corrected chi connectivity index (χ4v) is 4.10. The first kappa shape index (κ1) is 16.1. The molecular weight excluding hydrogens is 340 g/mol. The lowest BCUT2D eigenvalue weighted by Gasteiger charge is -2.31. The van der Waals surface area contributed by atoms with E-state index >= 15 is 0 Å². The Bertz CT molecular complexity index is 824. The Morgan fingerprint density at radius 2 is 2.08 bits per heavy atom. The van der Waals surface area contributed by atoms with Crippen LogP contribution in [0.15, 0.2) is 23.6 Å². The van der Waals surface area contributed by atoms with E-state index in [9.17, 15) is 14.7 Å². The zero-order chi connectivity index (χ0) is 17.4. The van der Waals surface area contributed by atoms with E-state index in [0.717, 1.165) is 22.7 Å². The number of rotatable bonds is 3. The Hall–Kier alpha value is -2.41. The van der Waals surface area contributed by atoms with E-state index in [1.54, 1.807) is 10.3 Å². The third-order valence-corrected chi connectivity index (χ3v) is 5.67. The number of likely N-dealkylation sites (tertiary alicyclic amines) is 1. The first-order valence-electron chi connectivity index (χ1n) is 8.33. The molecule has 130 valence electrons. The maximum atomic E-state index is 12.6. The number of benzene rings is 1. The van der Waals surface area contributed by atoms with Gasteiger partial charge in [0.25, 0.3) is 5.91 Å². The van der Waals surface area contributed by atoms with E-state index in [1.165, 1.54) is 16.9 Å². The molecule has 1 aromatic heterocycles. The minimum atomic E-state index is -1.02. The van der Waals surface area contributed by atoms with Gasteiger partial charge in [0.2, 0.25) is 0 Å². The Morgan fingerprint density at radius 1 is 1.28 bits per heavy atom. The lowest BCUT2D eigenvalue weighted by molar-refractivity contribution is -0.312. The van der Waals surface area contributed by atoms with Crippen molar-refractivity contribution in [1.29, 1.82) is 0 Å². The van der Waals surface area contributed by atoms with Crippen LogP contribution < -0.4 is 9.84 Å². The number of carboxylic acid groups (broad SMARTS) is 1. The molecule has 0 atom stereocenters. The third kappa shape index (κ3) is 3.11.